The van der Waals surface area contributed by atoms with Gasteiger partial charge in [0.15, 0.2) is 0 Å². The molecule has 0 aromatic heterocycles. The van der Waals surface area contributed by atoms with E-state index < -0.39 is 0 Å². The van der Waals surface area contributed by atoms with Crippen LogP contribution in [-0.4, -0.2) is 13.1 Å². The average molecular weight is 233 g/mol. The molecule has 1 heteroatoms. The van der Waals surface area contributed by atoms with Gasteiger partial charge in [0.05, 0.1) is 0 Å². The normalized spacial score (nSPS) is 12.6. The second-order valence-electron chi connectivity index (χ2n) is 4.86. The van der Waals surface area contributed by atoms with E-state index in [1.165, 1.54) is 50.8 Å². The lowest BCUT2D eigenvalue weighted by Gasteiger charge is -2.15. The summed E-state index contributed by atoms with van der Waals surface area (Å²) in [6.45, 7) is 6.91. The van der Waals surface area contributed by atoms with Crippen LogP contribution in [0.25, 0.3) is 0 Å². The van der Waals surface area contributed by atoms with Gasteiger partial charge in [-0.15, -0.1) is 0 Å². The van der Waals surface area contributed by atoms with E-state index in [-0.39, 0.29) is 0 Å². The molecule has 0 bridgehead atoms. The minimum absolute atomic E-state index is 0.826. The number of hydrogen-bond acceptors (Lipinski definition) is 1. The maximum absolute atomic E-state index is 3.57. The summed E-state index contributed by atoms with van der Waals surface area (Å²) in [6.07, 6.45) is 6.39. The van der Waals surface area contributed by atoms with Gasteiger partial charge < -0.3 is 5.32 Å². The molecule has 0 aliphatic carbocycles. The van der Waals surface area contributed by atoms with E-state index in [4.69, 9.17) is 0 Å². The molecule has 1 unspecified atom stereocenters. The Labute approximate surface area is 107 Å². The smallest absolute Gasteiger partial charge is 0.00205 e. The number of unbranched alkanes of at least 4 members (excludes halogenated alkanes) is 1. The number of nitrogens with one attached hydrogen (secondary N) is 1. The molecule has 0 fully saturated rings. The summed E-state index contributed by atoms with van der Waals surface area (Å²) in [5.74, 6) is 0.826. The van der Waals surface area contributed by atoms with Crippen molar-refractivity contribution in [1.29, 1.82) is 0 Å². The van der Waals surface area contributed by atoms with Gasteiger partial charge in [0.25, 0.3) is 0 Å². The molecule has 17 heavy (non-hydrogen) atoms. The molecule has 0 heterocycles. The Morgan fingerprint density at radius 3 is 2.53 bits per heavy atom. The average Bonchev–Trinajstić information content (AvgIpc) is 2.39. The first-order valence-electron chi connectivity index (χ1n) is 7.11. The number of benzene rings is 1. The van der Waals surface area contributed by atoms with Crippen molar-refractivity contribution in [3.8, 4) is 0 Å². The summed E-state index contributed by atoms with van der Waals surface area (Å²) < 4.78 is 0. The van der Waals surface area contributed by atoms with Crippen LogP contribution in [-0.2, 0) is 6.42 Å². The largest absolute Gasteiger partial charge is 0.316 e. The van der Waals surface area contributed by atoms with Gasteiger partial charge in [-0.3, -0.25) is 0 Å². The maximum atomic E-state index is 3.57. The van der Waals surface area contributed by atoms with Crippen LogP contribution in [0.5, 0.6) is 0 Å². The van der Waals surface area contributed by atoms with Gasteiger partial charge in [0.2, 0.25) is 0 Å². The Balaban J connectivity index is 2.18. The third-order valence-corrected chi connectivity index (χ3v) is 3.40. The molecule has 0 aliphatic heterocycles. The van der Waals surface area contributed by atoms with Crippen LogP contribution in [0.3, 0.4) is 0 Å². The second kappa shape index (κ2) is 9.23. The summed E-state index contributed by atoms with van der Waals surface area (Å²) in [7, 11) is 0. The van der Waals surface area contributed by atoms with Gasteiger partial charge in [-0.25, -0.2) is 0 Å². The number of aryl methyl sites for hydroxylation is 1. The molecule has 0 spiro atoms. The van der Waals surface area contributed by atoms with Gasteiger partial charge in [-0.1, -0.05) is 57.0 Å². The zero-order chi connectivity index (χ0) is 12.3. The van der Waals surface area contributed by atoms with Crippen LogP contribution >= 0.6 is 0 Å². The third kappa shape index (κ3) is 6.48. The van der Waals surface area contributed by atoms with Crippen molar-refractivity contribution in [1.82, 2.24) is 5.32 Å². The summed E-state index contributed by atoms with van der Waals surface area (Å²) in [5, 5.41) is 3.57. The Morgan fingerprint density at radius 1 is 1.12 bits per heavy atom. The van der Waals surface area contributed by atoms with Crippen LogP contribution in [0.15, 0.2) is 30.3 Å². The molecule has 1 N–H and O–H groups in total. The first-order valence-corrected chi connectivity index (χ1v) is 7.11. The highest BCUT2D eigenvalue weighted by Gasteiger charge is 2.05. The molecule has 1 rings (SSSR count). The van der Waals surface area contributed by atoms with Gasteiger partial charge in [-0.2, -0.15) is 0 Å². The van der Waals surface area contributed by atoms with Crippen molar-refractivity contribution in [2.24, 2.45) is 5.92 Å². The molecular weight excluding hydrogens is 206 g/mol. The molecule has 1 atom stereocenters. The minimum Gasteiger partial charge on any atom is -0.316 e. The number of hydrogen-bond donors (Lipinski definition) is 1. The van der Waals surface area contributed by atoms with Gasteiger partial charge in [-0.05, 0) is 43.8 Å². The van der Waals surface area contributed by atoms with Crippen LogP contribution < -0.4 is 5.32 Å². The highest BCUT2D eigenvalue weighted by Crippen LogP contribution is 2.12. The van der Waals surface area contributed by atoms with E-state index in [1.807, 2.05) is 0 Å². The predicted octanol–water partition coefficient (Wildman–Crippen LogP) is 4.04. The van der Waals surface area contributed by atoms with E-state index >= 15 is 0 Å². The Hall–Kier alpha value is -0.820. The van der Waals surface area contributed by atoms with Gasteiger partial charge >= 0.3 is 0 Å². The molecule has 1 nitrogen and oxygen atoms in total. The molecule has 0 aliphatic rings. The van der Waals surface area contributed by atoms with E-state index in [2.05, 4.69) is 49.5 Å². The second-order valence-corrected chi connectivity index (χ2v) is 4.86. The Morgan fingerprint density at radius 2 is 1.88 bits per heavy atom. The SMILES string of the molecule is CCCCNCC(CC)CCc1ccccc1. The van der Waals surface area contributed by atoms with Crippen LogP contribution in [0.2, 0.25) is 0 Å². The molecule has 1 aromatic carbocycles. The molecule has 0 saturated carbocycles. The van der Waals surface area contributed by atoms with E-state index in [0.29, 0.717) is 0 Å². The maximum Gasteiger partial charge on any atom is -0.00205 e. The zero-order valence-electron chi connectivity index (χ0n) is 11.4. The molecule has 96 valence electrons. The van der Waals surface area contributed by atoms with Gasteiger partial charge in [0.1, 0.15) is 0 Å². The molecule has 0 saturated heterocycles. The topological polar surface area (TPSA) is 12.0 Å². The summed E-state index contributed by atoms with van der Waals surface area (Å²) in [4.78, 5) is 0. The fourth-order valence-corrected chi connectivity index (χ4v) is 2.07. The zero-order valence-corrected chi connectivity index (χ0v) is 11.4. The highest BCUT2D eigenvalue weighted by molar-refractivity contribution is 5.14. The monoisotopic (exact) mass is 233 g/mol. The highest BCUT2D eigenvalue weighted by atomic mass is 14.8. The molecular formula is C16H27N. The third-order valence-electron chi connectivity index (χ3n) is 3.40. The minimum atomic E-state index is 0.826. The summed E-state index contributed by atoms with van der Waals surface area (Å²) in [5.41, 5.74) is 1.47. The molecule has 0 radical (unpaired) electrons. The lowest BCUT2D eigenvalue weighted by Crippen LogP contribution is -2.23. The van der Waals surface area contributed by atoms with Crippen LogP contribution in [0, 0.1) is 5.92 Å². The lowest BCUT2D eigenvalue weighted by atomic mass is 9.97. The van der Waals surface area contributed by atoms with E-state index in [9.17, 15) is 0 Å². The van der Waals surface area contributed by atoms with Gasteiger partial charge in [0, 0.05) is 0 Å². The quantitative estimate of drug-likeness (QED) is 0.635. The fourth-order valence-electron chi connectivity index (χ4n) is 2.07. The first-order chi connectivity index (χ1) is 8.36. The summed E-state index contributed by atoms with van der Waals surface area (Å²) in [6, 6.07) is 10.8. The van der Waals surface area contributed by atoms with Crippen molar-refractivity contribution < 1.29 is 0 Å². The fraction of sp³-hybridized carbons (Fsp3) is 0.625. The van der Waals surface area contributed by atoms with E-state index in [1.54, 1.807) is 0 Å². The number of rotatable bonds is 9. The lowest BCUT2D eigenvalue weighted by molar-refractivity contribution is 0.431. The molecule has 1 aromatic rings. The van der Waals surface area contributed by atoms with E-state index in [0.717, 1.165) is 5.92 Å². The summed E-state index contributed by atoms with van der Waals surface area (Å²) >= 11 is 0. The van der Waals surface area contributed by atoms with Crippen LogP contribution in [0.1, 0.15) is 45.1 Å². The van der Waals surface area contributed by atoms with Crippen molar-refractivity contribution in [3.05, 3.63) is 35.9 Å². The predicted molar refractivity (Wildman–Crippen MR) is 76.3 cm³/mol. The standard InChI is InChI=1S/C16H27N/c1-3-5-13-17-14-15(4-2)11-12-16-9-7-6-8-10-16/h6-10,15,17H,3-5,11-14H2,1-2H3. The van der Waals surface area contributed by atoms with Crippen LogP contribution in [0.4, 0.5) is 0 Å². The van der Waals surface area contributed by atoms with Crippen molar-refractivity contribution in [2.45, 2.75) is 46.0 Å². The van der Waals surface area contributed by atoms with Crippen molar-refractivity contribution >= 4 is 0 Å². The Bertz CT molecular complexity index is 268. The first kappa shape index (κ1) is 14.2. The van der Waals surface area contributed by atoms with Crippen molar-refractivity contribution in [2.75, 3.05) is 13.1 Å². The molecule has 0 amide bonds. The van der Waals surface area contributed by atoms with Crippen molar-refractivity contribution in [3.63, 3.8) is 0 Å². The Kier molecular flexibility index (Phi) is 7.74.